The molecule has 0 heterocycles. The van der Waals surface area contributed by atoms with Gasteiger partial charge in [0.25, 0.3) is 0 Å². The van der Waals surface area contributed by atoms with Crippen molar-refractivity contribution < 1.29 is 0 Å². The summed E-state index contributed by atoms with van der Waals surface area (Å²) in [4.78, 5) is 4.47. The zero-order valence-corrected chi connectivity index (χ0v) is 26.2. The van der Waals surface area contributed by atoms with E-state index in [0.29, 0.717) is 0 Å². The van der Waals surface area contributed by atoms with Crippen molar-refractivity contribution in [1.29, 1.82) is 0 Å². The molecule has 7 rings (SSSR count). The fraction of sp³-hybridized carbons (Fsp3) is 0. The van der Waals surface area contributed by atoms with Crippen molar-refractivity contribution in [2.75, 3.05) is 9.80 Å². The summed E-state index contributed by atoms with van der Waals surface area (Å²) < 4.78 is 0. The van der Waals surface area contributed by atoms with Crippen LogP contribution in [0.15, 0.2) is 215 Å². The normalized spacial score (nSPS) is 11.2. The first-order chi connectivity index (χ1) is 23.8. The van der Waals surface area contributed by atoms with Crippen LogP contribution in [0, 0.1) is 0 Å². The highest BCUT2D eigenvalue weighted by Crippen LogP contribution is 2.39. The lowest BCUT2D eigenvalue weighted by atomic mass is 10.1. The highest BCUT2D eigenvalue weighted by molar-refractivity contribution is 5.81. The summed E-state index contributed by atoms with van der Waals surface area (Å²) in [7, 11) is 0. The van der Waals surface area contributed by atoms with Crippen molar-refractivity contribution in [2.24, 2.45) is 20.5 Å². The molecule has 6 heteroatoms. The lowest BCUT2D eigenvalue weighted by Crippen LogP contribution is -2.12. The number of benzene rings is 7. The molecule has 6 nitrogen and oxygen atoms in total. The molecule has 0 saturated heterocycles. The average molecular weight is 621 g/mol. The van der Waals surface area contributed by atoms with Gasteiger partial charge >= 0.3 is 0 Å². The predicted molar refractivity (Wildman–Crippen MR) is 197 cm³/mol. The van der Waals surface area contributed by atoms with Crippen LogP contribution in [0.25, 0.3) is 0 Å². The third-order valence-corrected chi connectivity index (χ3v) is 7.68. The standard InChI is InChI=1S/C42H32N6/c1-5-13-33(14-6-1)43-45-35-21-25-39(26-22-35)47(37-17-9-3-10-18-37)41-29-31-42(32-30-41)48(38-19-11-4-12-20-38)40-27-23-36(24-28-40)46-44-34-15-7-2-8-16-34/h1-32H. The number of hydrogen-bond donors (Lipinski definition) is 0. The van der Waals surface area contributed by atoms with Crippen LogP contribution >= 0.6 is 0 Å². The van der Waals surface area contributed by atoms with E-state index in [2.05, 4.69) is 127 Å². The summed E-state index contributed by atoms with van der Waals surface area (Å²) in [6.45, 7) is 0. The predicted octanol–water partition coefficient (Wildman–Crippen LogP) is 13.5. The Bertz CT molecular complexity index is 1930. The summed E-state index contributed by atoms with van der Waals surface area (Å²) in [6.07, 6.45) is 0. The first-order valence-corrected chi connectivity index (χ1v) is 15.7. The van der Waals surface area contributed by atoms with E-state index in [4.69, 9.17) is 0 Å². The molecule has 0 unspecified atom stereocenters. The Hall–Kier alpha value is -6.66. The van der Waals surface area contributed by atoms with Crippen molar-refractivity contribution in [3.63, 3.8) is 0 Å². The van der Waals surface area contributed by atoms with Crippen LogP contribution in [0.5, 0.6) is 0 Å². The van der Waals surface area contributed by atoms with Gasteiger partial charge in [-0.25, -0.2) is 0 Å². The molecule has 0 atom stereocenters. The second-order valence-electron chi connectivity index (χ2n) is 11.0. The minimum atomic E-state index is 0.789. The number of anilines is 6. The topological polar surface area (TPSA) is 55.9 Å². The van der Waals surface area contributed by atoms with Gasteiger partial charge in [0.2, 0.25) is 0 Å². The zero-order valence-electron chi connectivity index (χ0n) is 26.2. The lowest BCUT2D eigenvalue weighted by molar-refractivity contribution is 1.22. The Morgan fingerprint density at radius 3 is 0.708 bits per heavy atom. The second-order valence-corrected chi connectivity index (χ2v) is 11.0. The van der Waals surface area contributed by atoms with Gasteiger partial charge in [0.05, 0.1) is 22.7 Å². The van der Waals surface area contributed by atoms with Gasteiger partial charge < -0.3 is 9.80 Å². The molecule has 7 aromatic carbocycles. The van der Waals surface area contributed by atoms with E-state index in [0.717, 1.165) is 56.9 Å². The van der Waals surface area contributed by atoms with E-state index < -0.39 is 0 Å². The van der Waals surface area contributed by atoms with Crippen molar-refractivity contribution in [3.05, 3.63) is 194 Å². The third kappa shape index (κ3) is 7.25. The summed E-state index contributed by atoms with van der Waals surface area (Å²) in [6, 6.07) is 65.1. The van der Waals surface area contributed by atoms with Gasteiger partial charge in [-0.05, 0) is 121 Å². The van der Waals surface area contributed by atoms with Crippen LogP contribution < -0.4 is 9.80 Å². The Balaban J connectivity index is 1.18. The maximum absolute atomic E-state index is 4.43. The molecule has 0 amide bonds. The van der Waals surface area contributed by atoms with Crippen LogP contribution in [-0.2, 0) is 0 Å². The van der Waals surface area contributed by atoms with Crippen LogP contribution in [-0.4, -0.2) is 0 Å². The average Bonchev–Trinajstić information content (AvgIpc) is 3.17. The van der Waals surface area contributed by atoms with E-state index >= 15 is 0 Å². The molecule has 7 aromatic rings. The van der Waals surface area contributed by atoms with Gasteiger partial charge in [-0.1, -0.05) is 72.8 Å². The summed E-state index contributed by atoms with van der Waals surface area (Å²) in [5, 5.41) is 17.6. The molecule has 0 radical (unpaired) electrons. The molecule has 0 aromatic heterocycles. The molecule has 230 valence electrons. The second kappa shape index (κ2) is 14.6. The molecule has 0 bridgehead atoms. The van der Waals surface area contributed by atoms with Crippen LogP contribution in [0.2, 0.25) is 0 Å². The van der Waals surface area contributed by atoms with Gasteiger partial charge in [0.15, 0.2) is 0 Å². The molecule has 48 heavy (non-hydrogen) atoms. The molecular weight excluding hydrogens is 589 g/mol. The Kier molecular flexibility index (Phi) is 9.15. The van der Waals surface area contributed by atoms with E-state index in [1.165, 1.54) is 0 Å². The van der Waals surface area contributed by atoms with Crippen LogP contribution in [0.3, 0.4) is 0 Å². The maximum Gasteiger partial charge on any atom is 0.0858 e. The van der Waals surface area contributed by atoms with Crippen molar-refractivity contribution in [2.45, 2.75) is 0 Å². The van der Waals surface area contributed by atoms with Crippen molar-refractivity contribution in [3.8, 4) is 0 Å². The molecule has 0 fully saturated rings. The number of nitrogens with zero attached hydrogens (tertiary/aromatic N) is 6. The molecule has 0 aliphatic rings. The third-order valence-electron chi connectivity index (χ3n) is 7.68. The zero-order chi connectivity index (χ0) is 32.4. The fourth-order valence-corrected chi connectivity index (χ4v) is 5.36. The van der Waals surface area contributed by atoms with E-state index in [1.54, 1.807) is 0 Å². The number of hydrogen-bond acceptors (Lipinski definition) is 6. The monoisotopic (exact) mass is 620 g/mol. The maximum atomic E-state index is 4.43. The van der Waals surface area contributed by atoms with Crippen LogP contribution in [0.1, 0.15) is 0 Å². The largest absolute Gasteiger partial charge is 0.311 e. The Morgan fingerprint density at radius 1 is 0.208 bits per heavy atom. The van der Waals surface area contributed by atoms with Gasteiger partial charge in [0.1, 0.15) is 0 Å². The van der Waals surface area contributed by atoms with Gasteiger partial charge in [-0.2, -0.15) is 20.5 Å². The highest BCUT2D eigenvalue weighted by Gasteiger charge is 2.16. The van der Waals surface area contributed by atoms with E-state index in [9.17, 15) is 0 Å². The first kappa shape index (κ1) is 30.0. The first-order valence-electron chi connectivity index (χ1n) is 15.7. The van der Waals surface area contributed by atoms with Gasteiger partial charge in [-0.3, -0.25) is 0 Å². The van der Waals surface area contributed by atoms with Crippen LogP contribution in [0.4, 0.5) is 56.9 Å². The number of para-hydroxylation sites is 2. The number of azo groups is 2. The quantitative estimate of drug-likeness (QED) is 0.143. The molecule has 0 aliphatic carbocycles. The van der Waals surface area contributed by atoms with E-state index in [1.807, 2.05) is 97.1 Å². The Labute approximate surface area is 280 Å². The van der Waals surface area contributed by atoms with Crippen molar-refractivity contribution >= 4 is 56.9 Å². The molecule has 0 saturated carbocycles. The highest BCUT2D eigenvalue weighted by atomic mass is 15.2. The minimum Gasteiger partial charge on any atom is -0.311 e. The minimum absolute atomic E-state index is 0.789. The summed E-state index contributed by atoms with van der Waals surface area (Å²) in [5.41, 5.74) is 9.45. The van der Waals surface area contributed by atoms with Gasteiger partial charge in [-0.15, -0.1) is 0 Å². The molecule has 0 aliphatic heterocycles. The fourth-order valence-electron chi connectivity index (χ4n) is 5.36. The summed E-state index contributed by atoms with van der Waals surface area (Å²) in [5.74, 6) is 0. The summed E-state index contributed by atoms with van der Waals surface area (Å²) >= 11 is 0. The van der Waals surface area contributed by atoms with Crippen molar-refractivity contribution in [1.82, 2.24) is 0 Å². The molecule has 0 N–H and O–H groups in total. The smallest absolute Gasteiger partial charge is 0.0858 e. The number of rotatable bonds is 10. The molecular formula is C42H32N6. The van der Waals surface area contributed by atoms with E-state index in [-0.39, 0.29) is 0 Å². The lowest BCUT2D eigenvalue weighted by Gasteiger charge is -2.28. The SMILES string of the molecule is c1ccc(N=Nc2ccc(N(c3ccccc3)c3ccc(N(c4ccccc4)c4ccc(N=Nc5ccccc5)cc4)cc3)cc2)cc1. The van der Waals surface area contributed by atoms with Gasteiger partial charge in [0, 0.05) is 34.1 Å². The molecule has 0 spiro atoms. The Morgan fingerprint density at radius 2 is 0.417 bits per heavy atom.